The molecule has 0 radical (unpaired) electrons. The zero-order valence-electron chi connectivity index (χ0n) is 8.89. The minimum atomic E-state index is -1.01. The largest absolute Gasteiger partial charge is 0.469 e. The number of hydrogen-bond donors (Lipinski definition) is 2. The van der Waals surface area contributed by atoms with Crippen molar-refractivity contribution in [3.63, 3.8) is 0 Å². The molecule has 0 aliphatic heterocycles. The van der Waals surface area contributed by atoms with Gasteiger partial charge in [-0.25, -0.2) is 4.39 Å². The number of carbonyl (C=O) groups is 1. The first kappa shape index (κ1) is 12.6. The topological polar surface area (TPSA) is 72.5 Å². The molecule has 0 aliphatic carbocycles. The number of hydrogen-bond acceptors (Lipinski definition) is 4. The molecule has 4 nitrogen and oxygen atoms in total. The molecule has 0 aromatic heterocycles. The molecule has 0 bridgehead atoms. The van der Waals surface area contributed by atoms with Crippen LogP contribution in [0.25, 0.3) is 0 Å². The van der Waals surface area contributed by atoms with E-state index in [1.54, 1.807) is 0 Å². The van der Waals surface area contributed by atoms with Gasteiger partial charge in [-0.05, 0) is 17.7 Å². The lowest BCUT2D eigenvalue weighted by Gasteiger charge is -2.17. The normalized spacial score (nSPS) is 14.2. The van der Waals surface area contributed by atoms with E-state index < -0.39 is 23.9 Å². The van der Waals surface area contributed by atoms with E-state index >= 15 is 0 Å². The molecule has 5 heteroatoms. The number of nitrogens with two attached hydrogens (primary N) is 1. The first-order valence-corrected chi connectivity index (χ1v) is 4.80. The maximum atomic E-state index is 12.6. The van der Waals surface area contributed by atoms with Gasteiger partial charge in [-0.2, -0.15) is 0 Å². The average Bonchev–Trinajstić information content (AvgIpc) is 2.28. The summed E-state index contributed by atoms with van der Waals surface area (Å²) < 4.78 is 17.1. The van der Waals surface area contributed by atoms with E-state index in [0.29, 0.717) is 5.56 Å². The maximum absolute atomic E-state index is 12.6. The molecule has 88 valence electrons. The molecule has 0 saturated carbocycles. The number of halogens is 1. The Morgan fingerprint density at radius 1 is 1.50 bits per heavy atom. The van der Waals surface area contributed by atoms with Gasteiger partial charge in [0.15, 0.2) is 0 Å². The quantitative estimate of drug-likeness (QED) is 0.744. The summed E-state index contributed by atoms with van der Waals surface area (Å²) in [6.45, 7) is 0. The van der Waals surface area contributed by atoms with Crippen LogP contribution < -0.4 is 5.73 Å². The highest BCUT2D eigenvalue weighted by Crippen LogP contribution is 2.18. The number of aliphatic hydroxyl groups excluding tert-OH is 1. The Balaban J connectivity index is 2.66. The average molecular weight is 227 g/mol. The van der Waals surface area contributed by atoms with E-state index in [-0.39, 0.29) is 6.42 Å². The van der Waals surface area contributed by atoms with Crippen LogP contribution in [0.15, 0.2) is 24.3 Å². The van der Waals surface area contributed by atoms with Gasteiger partial charge in [-0.3, -0.25) is 4.79 Å². The molecule has 3 N–H and O–H groups in total. The highest BCUT2D eigenvalue weighted by atomic mass is 19.1. The minimum absolute atomic E-state index is 0.0883. The number of carbonyl (C=O) groups excluding carboxylic acids is 1. The third kappa shape index (κ3) is 3.29. The second-order valence-corrected chi connectivity index (χ2v) is 3.44. The van der Waals surface area contributed by atoms with Gasteiger partial charge in [-0.1, -0.05) is 12.1 Å². The molecule has 1 aromatic rings. The Morgan fingerprint density at radius 3 is 2.56 bits per heavy atom. The van der Waals surface area contributed by atoms with Crippen LogP contribution >= 0.6 is 0 Å². The standard InChI is InChI=1S/C11H14FNO3/c1-16-10(14)6-9(13)11(15)7-2-4-8(12)5-3-7/h2-5,9,11,15H,6,13H2,1H3. The number of benzene rings is 1. The number of aliphatic hydroxyl groups is 1. The Bertz CT molecular complexity index is 353. The van der Waals surface area contributed by atoms with E-state index in [1.807, 2.05) is 0 Å². The summed E-state index contributed by atoms with van der Waals surface area (Å²) in [6.07, 6.45) is -1.10. The van der Waals surface area contributed by atoms with Gasteiger partial charge in [0.1, 0.15) is 5.82 Å². The van der Waals surface area contributed by atoms with Crippen LogP contribution in [0.1, 0.15) is 18.1 Å². The summed E-state index contributed by atoms with van der Waals surface area (Å²) in [5.74, 6) is -0.883. The molecule has 0 saturated heterocycles. The molecule has 0 amide bonds. The Morgan fingerprint density at radius 2 is 2.06 bits per heavy atom. The van der Waals surface area contributed by atoms with Crippen molar-refractivity contribution in [3.05, 3.63) is 35.6 Å². The third-order valence-electron chi connectivity index (χ3n) is 2.25. The van der Waals surface area contributed by atoms with Crippen molar-refractivity contribution in [1.82, 2.24) is 0 Å². The van der Waals surface area contributed by atoms with Crippen LogP contribution in [-0.2, 0) is 9.53 Å². The second-order valence-electron chi connectivity index (χ2n) is 3.44. The summed E-state index contributed by atoms with van der Waals surface area (Å²) in [4.78, 5) is 10.9. The zero-order chi connectivity index (χ0) is 12.1. The Hall–Kier alpha value is -1.46. The van der Waals surface area contributed by atoms with E-state index in [4.69, 9.17) is 5.73 Å². The smallest absolute Gasteiger partial charge is 0.307 e. The highest BCUT2D eigenvalue weighted by molar-refractivity contribution is 5.70. The van der Waals surface area contributed by atoms with Crippen LogP contribution in [-0.4, -0.2) is 24.2 Å². The van der Waals surface area contributed by atoms with Crippen molar-refractivity contribution in [3.8, 4) is 0 Å². The van der Waals surface area contributed by atoms with E-state index in [1.165, 1.54) is 31.4 Å². The Labute approximate surface area is 92.8 Å². The molecule has 0 heterocycles. The van der Waals surface area contributed by atoms with Gasteiger partial charge in [-0.15, -0.1) is 0 Å². The number of methoxy groups -OCH3 is 1. The molecule has 0 spiro atoms. The lowest BCUT2D eigenvalue weighted by molar-refractivity contribution is -0.141. The van der Waals surface area contributed by atoms with Gasteiger partial charge in [0.25, 0.3) is 0 Å². The molecular weight excluding hydrogens is 213 g/mol. The van der Waals surface area contributed by atoms with Crippen molar-refractivity contribution in [2.75, 3.05) is 7.11 Å². The van der Waals surface area contributed by atoms with Crippen LogP contribution in [0, 0.1) is 5.82 Å². The summed E-state index contributed by atoms with van der Waals surface area (Å²) in [5, 5.41) is 9.77. The van der Waals surface area contributed by atoms with Crippen LogP contribution in [0.2, 0.25) is 0 Å². The van der Waals surface area contributed by atoms with Gasteiger partial charge in [0, 0.05) is 6.04 Å². The van der Waals surface area contributed by atoms with E-state index in [2.05, 4.69) is 4.74 Å². The molecule has 2 unspecified atom stereocenters. The molecule has 1 aromatic carbocycles. The summed E-state index contributed by atoms with van der Waals surface area (Å²) in [7, 11) is 1.25. The minimum Gasteiger partial charge on any atom is -0.469 e. The van der Waals surface area contributed by atoms with Crippen molar-refractivity contribution in [1.29, 1.82) is 0 Å². The van der Waals surface area contributed by atoms with Gasteiger partial charge in [0.05, 0.1) is 19.6 Å². The fourth-order valence-electron chi connectivity index (χ4n) is 1.29. The molecule has 16 heavy (non-hydrogen) atoms. The Kier molecular flexibility index (Phi) is 4.39. The number of ether oxygens (including phenoxy) is 1. The van der Waals surface area contributed by atoms with E-state index in [0.717, 1.165) is 0 Å². The van der Waals surface area contributed by atoms with Crippen molar-refractivity contribution in [2.24, 2.45) is 5.73 Å². The number of rotatable bonds is 4. The van der Waals surface area contributed by atoms with Crippen molar-refractivity contribution < 1.29 is 19.0 Å². The summed E-state index contributed by atoms with van der Waals surface area (Å²) in [6, 6.07) is 4.54. The maximum Gasteiger partial charge on any atom is 0.307 e. The fraction of sp³-hybridized carbons (Fsp3) is 0.364. The molecule has 2 atom stereocenters. The van der Waals surface area contributed by atoms with Crippen molar-refractivity contribution in [2.45, 2.75) is 18.6 Å². The molecule has 0 aliphatic rings. The lowest BCUT2D eigenvalue weighted by atomic mass is 10.0. The summed E-state index contributed by atoms with van der Waals surface area (Å²) >= 11 is 0. The fourth-order valence-corrected chi connectivity index (χ4v) is 1.29. The lowest BCUT2D eigenvalue weighted by Crippen LogP contribution is -2.31. The first-order valence-electron chi connectivity index (χ1n) is 4.80. The van der Waals surface area contributed by atoms with Crippen LogP contribution in [0.4, 0.5) is 4.39 Å². The first-order chi connectivity index (χ1) is 7.54. The van der Waals surface area contributed by atoms with Crippen molar-refractivity contribution >= 4 is 5.97 Å². The highest BCUT2D eigenvalue weighted by Gasteiger charge is 2.20. The second kappa shape index (κ2) is 5.58. The third-order valence-corrected chi connectivity index (χ3v) is 2.25. The van der Waals surface area contributed by atoms with E-state index in [9.17, 15) is 14.3 Å². The zero-order valence-corrected chi connectivity index (χ0v) is 8.89. The summed E-state index contributed by atoms with van der Waals surface area (Å²) in [5.41, 5.74) is 6.09. The molecule has 0 fully saturated rings. The predicted molar refractivity (Wildman–Crippen MR) is 56.0 cm³/mol. The SMILES string of the molecule is COC(=O)CC(N)C(O)c1ccc(F)cc1. The van der Waals surface area contributed by atoms with Gasteiger partial charge in [0.2, 0.25) is 0 Å². The van der Waals surface area contributed by atoms with Gasteiger partial charge >= 0.3 is 5.97 Å². The molecular formula is C11H14FNO3. The van der Waals surface area contributed by atoms with Crippen LogP contribution in [0.3, 0.4) is 0 Å². The molecule has 1 rings (SSSR count). The monoisotopic (exact) mass is 227 g/mol. The van der Waals surface area contributed by atoms with Crippen LogP contribution in [0.5, 0.6) is 0 Å². The van der Waals surface area contributed by atoms with Gasteiger partial charge < -0.3 is 15.6 Å². The number of esters is 1. The predicted octanol–water partition coefficient (Wildman–Crippen LogP) is 0.750.